The molecule has 0 aliphatic carbocycles. The fourth-order valence-electron chi connectivity index (χ4n) is 2.47. The van der Waals surface area contributed by atoms with Gasteiger partial charge in [-0.05, 0) is 20.8 Å². The van der Waals surface area contributed by atoms with Crippen molar-refractivity contribution in [3.8, 4) is 0 Å². The Kier molecular flexibility index (Phi) is 28.0. The van der Waals surface area contributed by atoms with Gasteiger partial charge in [-0.1, -0.05) is 0 Å². The fourth-order valence-corrected chi connectivity index (χ4v) is 2.47. The normalized spacial score (nSPS) is 11.7. The molecule has 228 valence electrons. The van der Waals surface area contributed by atoms with Gasteiger partial charge in [0.15, 0.2) is 0 Å². The summed E-state index contributed by atoms with van der Waals surface area (Å²) in [4.78, 5) is 11.5. The third-order valence-corrected chi connectivity index (χ3v) is 4.13. The zero-order valence-electron chi connectivity index (χ0n) is 23.6. The van der Waals surface area contributed by atoms with Gasteiger partial charge < -0.3 is 57.8 Å². The lowest BCUT2D eigenvalue weighted by Gasteiger charge is -2.19. The third kappa shape index (κ3) is 32.9. The molecular formula is C25H51NO12. The first kappa shape index (κ1) is 36.9. The summed E-state index contributed by atoms with van der Waals surface area (Å²) in [5, 5.41) is 11.2. The summed E-state index contributed by atoms with van der Waals surface area (Å²) in [5.41, 5.74) is -0.509. The van der Waals surface area contributed by atoms with E-state index >= 15 is 0 Å². The summed E-state index contributed by atoms with van der Waals surface area (Å²) in [6, 6.07) is 0. The van der Waals surface area contributed by atoms with Crippen molar-refractivity contribution in [3.63, 3.8) is 0 Å². The largest absolute Gasteiger partial charge is 0.444 e. The van der Waals surface area contributed by atoms with Crippen molar-refractivity contribution in [1.82, 2.24) is 5.32 Å². The summed E-state index contributed by atoms with van der Waals surface area (Å²) >= 11 is 0. The lowest BCUT2D eigenvalue weighted by molar-refractivity contribution is -0.0255. The second-order valence-corrected chi connectivity index (χ2v) is 8.66. The van der Waals surface area contributed by atoms with Crippen LogP contribution in [-0.4, -0.2) is 149 Å². The van der Waals surface area contributed by atoms with Gasteiger partial charge in [0.2, 0.25) is 0 Å². The van der Waals surface area contributed by atoms with Crippen LogP contribution in [0.4, 0.5) is 4.79 Å². The van der Waals surface area contributed by atoms with E-state index in [1.807, 2.05) is 20.8 Å². The van der Waals surface area contributed by atoms with Gasteiger partial charge in [0.05, 0.1) is 126 Å². The predicted molar refractivity (Wildman–Crippen MR) is 139 cm³/mol. The molecule has 0 bridgehead atoms. The number of aliphatic hydroxyl groups excluding tert-OH is 1. The van der Waals surface area contributed by atoms with E-state index < -0.39 is 11.7 Å². The first-order chi connectivity index (χ1) is 18.5. The molecule has 38 heavy (non-hydrogen) atoms. The number of aliphatic hydroxyl groups is 1. The predicted octanol–water partition coefficient (Wildman–Crippen LogP) is 0.653. The summed E-state index contributed by atoms with van der Waals surface area (Å²) in [5.74, 6) is 0. The van der Waals surface area contributed by atoms with Crippen LogP contribution in [0.2, 0.25) is 0 Å². The number of rotatable bonds is 29. The minimum atomic E-state index is -0.509. The van der Waals surface area contributed by atoms with Crippen LogP contribution in [-0.2, 0) is 47.4 Å². The smallest absolute Gasteiger partial charge is 0.407 e. The van der Waals surface area contributed by atoms with Gasteiger partial charge in [-0.25, -0.2) is 4.79 Å². The van der Waals surface area contributed by atoms with Crippen molar-refractivity contribution in [2.75, 3.05) is 132 Å². The maximum atomic E-state index is 11.5. The zero-order valence-corrected chi connectivity index (χ0v) is 23.6. The standard InChI is InChI=1S/C25H51NO12/c1-25(2,3)38-24(28)26-4-6-29-8-10-31-12-14-33-16-18-35-20-22-37-23-21-36-19-17-34-15-13-32-11-9-30-7-5-27/h27H,4-23H2,1-3H3,(H,26,28). The Bertz CT molecular complexity index is 493. The molecule has 0 spiro atoms. The molecule has 0 aliphatic heterocycles. The van der Waals surface area contributed by atoms with Gasteiger partial charge in [-0.2, -0.15) is 0 Å². The molecule has 0 aromatic heterocycles. The van der Waals surface area contributed by atoms with Crippen LogP contribution < -0.4 is 5.32 Å². The second kappa shape index (κ2) is 28.9. The SMILES string of the molecule is CC(C)(C)OC(=O)NCCOCCOCCOCCOCCOCCOCCOCCOCCOCCO. The first-order valence-electron chi connectivity index (χ1n) is 13.2. The lowest BCUT2D eigenvalue weighted by Crippen LogP contribution is -2.34. The van der Waals surface area contributed by atoms with Crippen LogP contribution >= 0.6 is 0 Å². The van der Waals surface area contributed by atoms with Crippen LogP contribution in [0, 0.1) is 0 Å². The van der Waals surface area contributed by atoms with Crippen LogP contribution in [0.15, 0.2) is 0 Å². The molecule has 0 aromatic rings. The van der Waals surface area contributed by atoms with Gasteiger partial charge >= 0.3 is 6.09 Å². The Morgan fingerprint density at radius 3 is 1.03 bits per heavy atom. The highest BCUT2D eigenvalue weighted by molar-refractivity contribution is 5.67. The van der Waals surface area contributed by atoms with Crippen molar-refractivity contribution in [1.29, 1.82) is 0 Å². The van der Waals surface area contributed by atoms with Crippen molar-refractivity contribution < 1.29 is 57.3 Å². The molecule has 0 unspecified atom stereocenters. The van der Waals surface area contributed by atoms with Gasteiger partial charge in [0.25, 0.3) is 0 Å². The molecule has 0 rings (SSSR count). The Balaban J connectivity index is 3.09. The van der Waals surface area contributed by atoms with Crippen LogP contribution in [0.5, 0.6) is 0 Å². The van der Waals surface area contributed by atoms with Gasteiger partial charge in [-0.15, -0.1) is 0 Å². The number of amides is 1. The number of carbonyl (C=O) groups is 1. The van der Waals surface area contributed by atoms with Crippen LogP contribution in [0.25, 0.3) is 0 Å². The van der Waals surface area contributed by atoms with Gasteiger partial charge in [-0.3, -0.25) is 0 Å². The second-order valence-electron chi connectivity index (χ2n) is 8.66. The molecule has 0 saturated heterocycles. The van der Waals surface area contributed by atoms with Crippen molar-refractivity contribution in [2.45, 2.75) is 26.4 Å². The fraction of sp³-hybridized carbons (Fsp3) is 0.960. The summed E-state index contributed by atoms with van der Waals surface area (Å²) in [7, 11) is 0. The van der Waals surface area contributed by atoms with Crippen LogP contribution in [0.1, 0.15) is 20.8 Å². The molecule has 0 saturated carbocycles. The summed E-state index contributed by atoms with van der Waals surface area (Å²) in [6.07, 6.45) is -0.452. The number of nitrogens with one attached hydrogen (secondary N) is 1. The highest BCUT2D eigenvalue weighted by Crippen LogP contribution is 2.06. The Morgan fingerprint density at radius 1 is 0.500 bits per heavy atom. The highest BCUT2D eigenvalue weighted by Gasteiger charge is 2.15. The van der Waals surface area contributed by atoms with Crippen molar-refractivity contribution in [2.24, 2.45) is 0 Å². The van der Waals surface area contributed by atoms with E-state index in [9.17, 15) is 4.79 Å². The first-order valence-corrected chi connectivity index (χ1v) is 13.2. The molecule has 0 heterocycles. The molecular weight excluding hydrogens is 506 g/mol. The molecule has 0 atom stereocenters. The number of ether oxygens (including phenoxy) is 10. The molecule has 0 fully saturated rings. The topological polar surface area (TPSA) is 142 Å². The molecule has 1 amide bonds. The molecule has 0 radical (unpaired) electrons. The number of carbonyl (C=O) groups excluding carboxylic acids is 1. The molecule has 13 heteroatoms. The number of hydrogen-bond donors (Lipinski definition) is 2. The Labute approximate surface area is 227 Å². The quantitative estimate of drug-likeness (QED) is 0.125. The maximum absolute atomic E-state index is 11.5. The number of hydrogen-bond acceptors (Lipinski definition) is 12. The van der Waals surface area contributed by atoms with Crippen LogP contribution in [0.3, 0.4) is 0 Å². The highest BCUT2D eigenvalue weighted by atomic mass is 16.6. The average Bonchev–Trinajstić information content (AvgIpc) is 2.86. The maximum Gasteiger partial charge on any atom is 0.407 e. The molecule has 0 aromatic carbocycles. The monoisotopic (exact) mass is 557 g/mol. The van der Waals surface area contributed by atoms with E-state index in [1.165, 1.54) is 0 Å². The van der Waals surface area contributed by atoms with E-state index in [0.29, 0.717) is 125 Å². The number of alkyl carbamates (subject to hydrolysis) is 1. The molecule has 13 nitrogen and oxygen atoms in total. The van der Waals surface area contributed by atoms with E-state index in [0.717, 1.165) is 0 Å². The van der Waals surface area contributed by atoms with E-state index in [1.54, 1.807) is 0 Å². The van der Waals surface area contributed by atoms with Crippen molar-refractivity contribution in [3.05, 3.63) is 0 Å². The van der Waals surface area contributed by atoms with Gasteiger partial charge in [0, 0.05) is 6.54 Å². The third-order valence-electron chi connectivity index (χ3n) is 4.13. The average molecular weight is 558 g/mol. The zero-order chi connectivity index (χ0) is 28.0. The van der Waals surface area contributed by atoms with E-state index in [2.05, 4.69) is 5.32 Å². The Hall–Kier alpha value is -1.13. The summed E-state index contributed by atoms with van der Waals surface area (Å²) in [6.45, 7) is 14.4. The van der Waals surface area contributed by atoms with E-state index in [-0.39, 0.29) is 6.61 Å². The lowest BCUT2D eigenvalue weighted by atomic mass is 10.2. The minimum absolute atomic E-state index is 0.0232. The van der Waals surface area contributed by atoms with Crippen molar-refractivity contribution >= 4 is 6.09 Å². The van der Waals surface area contributed by atoms with Gasteiger partial charge in [0.1, 0.15) is 5.60 Å². The molecule has 0 aliphatic rings. The minimum Gasteiger partial charge on any atom is -0.444 e. The summed E-state index contributed by atoms with van der Waals surface area (Å²) < 4.78 is 53.4. The Morgan fingerprint density at radius 2 is 0.763 bits per heavy atom. The van der Waals surface area contributed by atoms with E-state index in [4.69, 9.17) is 52.5 Å². The molecule has 2 N–H and O–H groups in total.